The zero-order chi connectivity index (χ0) is 15.4. The van der Waals surface area contributed by atoms with Gasteiger partial charge >= 0.3 is 0 Å². The quantitative estimate of drug-likeness (QED) is 0.764. The summed E-state index contributed by atoms with van der Waals surface area (Å²) in [5.41, 5.74) is -0.338. The summed E-state index contributed by atoms with van der Waals surface area (Å²) in [5.74, 6) is -1.64. The van der Waals surface area contributed by atoms with Crippen molar-refractivity contribution in [3.05, 3.63) is 58.2 Å². The predicted molar refractivity (Wildman–Crippen MR) is 70.8 cm³/mol. The van der Waals surface area contributed by atoms with Crippen molar-refractivity contribution < 1.29 is 4.79 Å². The van der Waals surface area contributed by atoms with Crippen molar-refractivity contribution in [2.45, 2.75) is 0 Å². The summed E-state index contributed by atoms with van der Waals surface area (Å²) in [4.78, 5) is 12.5. The summed E-state index contributed by atoms with van der Waals surface area (Å²) in [7, 11) is 0. The van der Waals surface area contributed by atoms with Gasteiger partial charge < -0.3 is 0 Å². The highest BCUT2D eigenvalue weighted by Crippen LogP contribution is 2.38. The molecule has 21 heavy (non-hydrogen) atoms. The largest absolute Gasteiger partial charge is 0.293 e. The standard InChI is InChI=1S/C16H6N4O/c17-6-11-12(7-18)14(9-20)15(13(11)8-19)16(21)10-4-2-1-3-5-10/h1-5,15H. The monoisotopic (exact) mass is 270 g/mol. The van der Waals surface area contributed by atoms with Crippen LogP contribution in [0.1, 0.15) is 10.4 Å². The van der Waals surface area contributed by atoms with Gasteiger partial charge in [-0.05, 0) is 0 Å². The number of hydrogen-bond donors (Lipinski definition) is 0. The summed E-state index contributed by atoms with van der Waals surface area (Å²) in [6.45, 7) is 0. The molecule has 2 rings (SSSR count). The Morgan fingerprint density at radius 3 is 1.67 bits per heavy atom. The number of ketones is 1. The number of carbonyl (C=O) groups excluding carboxylic acids is 1. The van der Waals surface area contributed by atoms with Crippen molar-refractivity contribution in [3.63, 3.8) is 0 Å². The smallest absolute Gasteiger partial charge is 0.176 e. The maximum Gasteiger partial charge on any atom is 0.176 e. The van der Waals surface area contributed by atoms with Crippen molar-refractivity contribution in [3.8, 4) is 24.3 Å². The van der Waals surface area contributed by atoms with E-state index in [2.05, 4.69) is 0 Å². The number of rotatable bonds is 2. The molecule has 0 amide bonds. The number of nitriles is 4. The molecular weight excluding hydrogens is 264 g/mol. The van der Waals surface area contributed by atoms with Crippen LogP contribution in [-0.4, -0.2) is 5.78 Å². The molecule has 1 aliphatic carbocycles. The van der Waals surface area contributed by atoms with Gasteiger partial charge in [0.05, 0.1) is 40.3 Å². The van der Waals surface area contributed by atoms with Gasteiger partial charge in [-0.15, -0.1) is 0 Å². The Labute approximate surface area is 120 Å². The second-order valence-electron chi connectivity index (χ2n) is 4.19. The highest BCUT2D eigenvalue weighted by molar-refractivity contribution is 6.04. The lowest BCUT2D eigenvalue weighted by atomic mass is 9.88. The molecule has 0 aliphatic heterocycles. The van der Waals surface area contributed by atoms with Crippen molar-refractivity contribution >= 4 is 5.78 Å². The number of carbonyl (C=O) groups is 1. The molecule has 0 saturated heterocycles. The third-order valence-corrected chi connectivity index (χ3v) is 3.15. The lowest BCUT2D eigenvalue weighted by Gasteiger charge is -2.09. The lowest BCUT2D eigenvalue weighted by molar-refractivity contribution is 0.0960. The molecule has 0 radical (unpaired) electrons. The molecule has 0 saturated carbocycles. The molecule has 1 aromatic rings. The first kappa shape index (κ1) is 13.8. The third kappa shape index (κ3) is 2.06. The number of Topliss-reactive ketones (excluding diaryl/α,β-unsaturated/α-hetero) is 1. The molecule has 5 nitrogen and oxygen atoms in total. The molecule has 5 heteroatoms. The van der Waals surface area contributed by atoms with E-state index >= 15 is 0 Å². The number of allylic oxidation sites excluding steroid dienone is 4. The van der Waals surface area contributed by atoms with Crippen LogP contribution in [0.25, 0.3) is 0 Å². The van der Waals surface area contributed by atoms with Gasteiger partial charge in [-0.25, -0.2) is 0 Å². The third-order valence-electron chi connectivity index (χ3n) is 3.15. The number of benzene rings is 1. The Bertz CT molecular complexity index is 801. The Morgan fingerprint density at radius 1 is 0.810 bits per heavy atom. The maximum absolute atomic E-state index is 12.5. The maximum atomic E-state index is 12.5. The van der Waals surface area contributed by atoms with Crippen LogP contribution in [0.4, 0.5) is 0 Å². The Morgan fingerprint density at radius 2 is 1.29 bits per heavy atom. The highest BCUT2D eigenvalue weighted by atomic mass is 16.1. The van der Waals surface area contributed by atoms with Gasteiger partial charge in [0.2, 0.25) is 0 Å². The first-order valence-corrected chi connectivity index (χ1v) is 5.88. The van der Waals surface area contributed by atoms with E-state index in [0.29, 0.717) is 5.56 Å². The molecule has 0 heterocycles. The van der Waals surface area contributed by atoms with Gasteiger partial charge in [0, 0.05) is 5.56 Å². The van der Waals surface area contributed by atoms with Crippen molar-refractivity contribution in [2.75, 3.05) is 0 Å². The average molecular weight is 270 g/mol. The summed E-state index contributed by atoms with van der Waals surface area (Å²) in [5, 5.41) is 36.6. The van der Waals surface area contributed by atoms with Crippen molar-refractivity contribution in [1.29, 1.82) is 21.0 Å². The predicted octanol–water partition coefficient (Wildman–Crippen LogP) is 2.19. The summed E-state index contributed by atoms with van der Waals surface area (Å²) < 4.78 is 0. The van der Waals surface area contributed by atoms with Gasteiger partial charge in [-0.3, -0.25) is 4.79 Å². The van der Waals surface area contributed by atoms with Crippen LogP contribution in [0, 0.1) is 51.2 Å². The van der Waals surface area contributed by atoms with Crippen LogP contribution in [0.3, 0.4) is 0 Å². The van der Waals surface area contributed by atoms with Crippen molar-refractivity contribution in [1.82, 2.24) is 0 Å². The fourth-order valence-corrected chi connectivity index (χ4v) is 2.21. The molecule has 1 aliphatic rings. The van der Waals surface area contributed by atoms with E-state index in [4.69, 9.17) is 10.5 Å². The zero-order valence-electron chi connectivity index (χ0n) is 10.7. The van der Waals surface area contributed by atoms with E-state index in [1.54, 1.807) is 54.6 Å². The van der Waals surface area contributed by atoms with E-state index in [9.17, 15) is 15.3 Å². The fourth-order valence-electron chi connectivity index (χ4n) is 2.21. The Balaban J connectivity index is 2.66. The van der Waals surface area contributed by atoms with Crippen LogP contribution >= 0.6 is 0 Å². The first-order chi connectivity index (χ1) is 10.2. The molecule has 0 atom stereocenters. The second-order valence-corrected chi connectivity index (χ2v) is 4.19. The van der Waals surface area contributed by atoms with E-state index in [1.807, 2.05) is 0 Å². The van der Waals surface area contributed by atoms with Crippen LogP contribution in [-0.2, 0) is 0 Å². The van der Waals surface area contributed by atoms with Gasteiger partial charge in [-0.1, -0.05) is 30.3 Å². The minimum atomic E-state index is -1.17. The van der Waals surface area contributed by atoms with Gasteiger partial charge in [-0.2, -0.15) is 21.0 Å². The minimum absolute atomic E-state index is 0.139. The van der Waals surface area contributed by atoms with Gasteiger partial charge in [0.1, 0.15) is 12.1 Å². The van der Waals surface area contributed by atoms with E-state index in [0.717, 1.165) is 0 Å². The van der Waals surface area contributed by atoms with Crippen LogP contribution in [0.15, 0.2) is 52.6 Å². The summed E-state index contributed by atoms with van der Waals surface area (Å²) >= 11 is 0. The van der Waals surface area contributed by atoms with Crippen LogP contribution in [0.2, 0.25) is 0 Å². The van der Waals surface area contributed by atoms with E-state index in [-0.39, 0.29) is 22.3 Å². The summed E-state index contributed by atoms with van der Waals surface area (Å²) in [6, 6.07) is 15.2. The topological polar surface area (TPSA) is 112 Å². The fraction of sp³-hybridized carbons (Fsp3) is 0.0625. The Hall–Kier alpha value is -3.67. The molecule has 0 spiro atoms. The molecule has 0 N–H and O–H groups in total. The number of nitrogens with zero attached hydrogens (tertiary/aromatic N) is 4. The summed E-state index contributed by atoms with van der Waals surface area (Å²) in [6.07, 6.45) is 0. The Kier molecular flexibility index (Phi) is 3.63. The molecule has 0 bridgehead atoms. The van der Waals surface area contributed by atoms with E-state index in [1.165, 1.54) is 0 Å². The molecule has 0 fully saturated rings. The van der Waals surface area contributed by atoms with Gasteiger partial charge in [0.15, 0.2) is 5.78 Å². The normalized spacial score (nSPS) is 14.1. The van der Waals surface area contributed by atoms with Crippen molar-refractivity contribution in [2.24, 2.45) is 5.92 Å². The van der Waals surface area contributed by atoms with Gasteiger partial charge in [0.25, 0.3) is 0 Å². The second kappa shape index (κ2) is 5.54. The van der Waals surface area contributed by atoms with E-state index < -0.39 is 11.7 Å². The average Bonchev–Trinajstić information content (AvgIpc) is 2.87. The molecule has 1 aromatic carbocycles. The minimum Gasteiger partial charge on any atom is -0.293 e. The highest BCUT2D eigenvalue weighted by Gasteiger charge is 2.39. The molecular formula is C16H6N4O. The number of hydrogen-bond acceptors (Lipinski definition) is 5. The SMILES string of the molecule is N#CC1=C(C#N)C(C(=O)c2ccccc2)C(C#N)=C1C#N. The molecule has 0 unspecified atom stereocenters. The molecule has 0 aromatic heterocycles. The molecule has 96 valence electrons. The zero-order valence-corrected chi connectivity index (χ0v) is 10.7. The first-order valence-electron chi connectivity index (χ1n) is 5.88. The van der Waals surface area contributed by atoms with Crippen LogP contribution in [0.5, 0.6) is 0 Å². The lowest BCUT2D eigenvalue weighted by Crippen LogP contribution is -2.16. The van der Waals surface area contributed by atoms with Crippen LogP contribution < -0.4 is 0 Å².